The number of nitrogens with one attached hydrogen (secondary N) is 2. The molecule has 0 heterocycles. The molecule has 0 unspecified atom stereocenters. The van der Waals surface area contributed by atoms with Crippen LogP contribution < -0.4 is 29.6 Å². The third kappa shape index (κ3) is 5.54. The highest BCUT2D eigenvalue weighted by Gasteiger charge is 2.17. The Morgan fingerprint density at radius 1 is 0.759 bits per heavy atom. The number of methoxy groups -OCH3 is 4. The van der Waals surface area contributed by atoms with E-state index in [1.54, 1.807) is 30.3 Å². The fraction of sp³-hybridized carbons (Fsp3) is 0.333. The van der Waals surface area contributed by atoms with Crippen LogP contribution in [-0.4, -0.2) is 40.3 Å². The van der Waals surface area contributed by atoms with E-state index in [2.05, 4.69) is 10.6 Å². The molecule has 2 aromatic rings. The monoisotopic (exact) mass is 402 g/mol. The van der Waals surface area contributed by atoms with Crippen molar-refractivity contribution in [2.45, 2.75) is 19.8 Å². The topological polar surface area (TPSA) is 95.1 Å². The lowest BCUT2D eigenvalue weighted by atomic mass is 10.1. The van der Waals surface area contributed by atoms with Gasteiger partial charge >= 0.3 is 0 Å². The Bertz CT molecular complexity index is 859. The predicted molar refractivity (Wildman–Crippen MR) is 111 cm³/mol. The van der Waals surface area contributed by atoms with Crippen LogP contribution in [0, 0.1) is 0 Å². The maximum atomic E-state index is 12.8. The number of amides is 2. The highest BCUT2D eigenvalue weighted by molar-refractivity contribution is 6.06. The van der Waals surface area contributed by atoms with Gasteiger partial charge in [-0.1, -0.05) is 6.92 Å². The van der Waals surface area contributed by atoms with Crippen molar-refractivity contribution in [3.63, 3.8) is 0 Å². The first kappa shape index (κ1) is 21.9. The lowest BCUT2D eigenvalue weighted by molar-refractivity contribution is -0.116. The van der Waals surface area contributed by atoms with E-state index < -0.39 is 0 Å². The molecule has 2 amide bonds. The Kier molecular flexibility index (Phi) is 7.70. The minimum absolute atomic E-state index is 0.131. The summed E-state index contributed by atoms with van der Waals surface area (Å²) in [6.07, 6.45) is 1.12. The number of carbonyl (C=O) groups excluding carboxylic acids is 2. The second-order valence-corrected chi connectivity index (χ2v) is 6.11. The summed E-state index contributed by atoms with van der Waals surface area (Å²) in [4.78, 5) is 24.7. The molecule has 2 N–H and O–H groups in total. The van der Waals surface area contributed by atoms with Gasteiger partial charge in [0, 0.05) is 30.2 Å². The molecular formula is C21H26N2O6. The fourth-order valence-corrected chi connectivity index (χ4v) is 2.67. The molecule has 0 radical (unpaired) electrons. The molecule has 2 rings (SSSR count). The quantitative estimate of drug-likeness (QED) is 0.664. The van der Waals surface area contributed by atoms with Gasteiger partial charge in [-0.15, -0.1) is 0 Å². The van der Waals surface area contributed by atoms with E-state index in [0.29, 0.717) is 46.4 Å². The number of hydrogen-bond acceptors (Lipinski definition) is 6. The van der Waals surface area contributed by atoms with Gasteiger partial charge in [0.2, 0.25) is 5.91 Å². The van der Waals surface area contributed by atoms with Crippen molar-refractivity contribution >= 4 is 23.2 Å². The van der Waals surface area contributed by atoms with E-state index >= 15 is 0 Å². The molecule has 8 nitrogen and oxygen atoms in total. The summed E-state index contributed by atoms with van der Waals surface area (Å²) in [6.45, 7) is 1.92. The number of hydrogen-bond donors (Lipinski definition) is 2. The van der Waals surface area contributed by atoms with Crippen molar-refractivity contribution in [1.29, 1.82) is 0 Å². The molecule has 0 atom stereocenters. The van der Waals surface area contributed by atoms with Crippen LogP contribution in [0.5, 0.6) is 23.0 Å². The molecule has 0 saturated carbocycles. The largest absolute Gasteiger partial charge is 0.497 e. The van der Waals surface area contributed by atoms with Crippen LogP contribution in [0.15, 0.2) is 30.3 Å². The molecule has 2 aromatic carbocycles. The number of carbonyl (C=O) groups is 2. The molecule has 0 bridgehead atoms. The molecule has 0 aromatic heterocycles. The molecule has 8 heteroatoms. The summed E-state index contributed by atoms with van der Waals surface area (Å²) in [5, 5.41) is 5.58. The van der Waals surface area contributed by atoms with E-state index in [4.69, 9.17) is 18.9 Å². The first-order valence-corrected chi connectivity index (χ1v) is 9.06. The second-order valence-electron chi connectivity index (χ2n) is 6.11. The Labute approximate surface area is 170 Å². The lowest BCUT2D eigenvalue weighted by Crippen LogP contribution is -2.15. The van der Waals surface area contributed by atoms with Crippen LogP contribution in [0.25, 0.3) is 0 Å². The minimum Gasteiger partial charge on any atom is -0.497 e. The van der Waals surface area contributed by atoms with E-state index in [-0.39, 0.29) is 11.8 Å². The second kappa shape index (κ2) is 10.2. The molecule has 0 aliphatic carbocycles. The fourth-order valence-electron chi connectivity index (χ4n) is 2.67. The zero-order chi connectivity index (χ0) is 21.4. The van der Waals surface area contributed by atoms with Gasteiger partial charge in [0.25, 0.3) is 5.91 Å². The zero-order valence-corrected chi connectivity index (χ0v) is 17.3. The average Bonchev–Trinajstić information content (AvgIpc) is 2.73. The predicted octanol–water partition coefficient (Wildman–Crippen LogP) is 3.71. The van der Waals surface area contributed by atoms with Crippen molar-refractivity contribution < 1.29 is 28.5 Å². The van der Waals surface area contributed by atoms with Gasteiger partial charge in [-0.05, 0) is 18.6 Å². The highest BCUT2D eigenvalue weighted by atomic mass is 16.5. The molecule has 0 saturated heterocycles. The van der Waals surface area contributed by atoms with Gasteiger partial charge in [0.1, 0.15) is 23.0 Å². The van der Waals surface area contributed by atoms with E-state index in [1.165, 1.54) is 28.4 Å². The highest BCUT2D eigenvalue weighted by Crippen LogP contribution is 2.37. The van der Waals surface area contributed by atoms with E-state index in [9.17, 15) is 9.59 Å². The molecule has 156 valence electrons. The number of benzene rings is 2. The molecule has 0 fully saturated rings. The standard InChI is InChI=1S/C21H26N2O6/c1-6-7-20(24)22-16-11-19(29-5)17(12-18(16)28-4)23-21(25)13-8-14(26-2)10-15(9-13)27-3/h8-12H,6-7H2,1-5H3,(H,22,24)(H,23,25). The lowest BCUT2D eigenvalue weighted by Gasteiger charge is -2.16. The Morgan fingerprint density at radius 2 is 1.28 bits per heavy atom. The summed E-state index contributed by atoms with van der Waals surface area (Å²) >= 11 is 0. The van der Waals surface area contributed by atoms with Crippen molar-refractivity contribution in [2.75, 3.05) is 39.1 Å². The normalized spacial score (nSPS) is 10.1. The maximum absolute atomic E-state index is 12.8. The van der Waals surface area contributed by atoms with Gasteiger partial charge in [-0.3, -0.25) is 9.59 Å². The molecule has 0 aliphatic heterocycles. The third-order valence-corrected chi connectivity index (χ3v) is 4.13. The van der Waals surface area contributed by atoms with Gasteiger partial charge in [-0.25, -0.2) is 0 Å². The number of ether oxygens (including phenoxy) is 4. The minimum atomic E-state index is -0.384. The average molecular weight is 402 g/mol. The SMILES string of the molecule is CCCC(=O)Nc1cc(OC)c(NC(=O)c2cc(OC)cc(OC)c2)cc1OC. The Morgan fingerprint density at radius 3 is 1.72 bits per heavy atom. The van der Waals surface area contributed by atoms with E-state index in [1.807, 2.05) is 6.92 Å². The number of rotatable bonds is 9. The molecule has 0 spiro atoms. The van der Waals surface area contributed by atoms with Crippen LogP contribution in [-0.2, 0) is 4.79 Å². The zero-order valence-electron chi connectivity index (χ0n) is 17.3. The summed E-state index contributed by atoms with van der Waals surface area (Å²) in [7, 11) is 5.98. The molecular weight excluding hydrogens is 376 g/mol. The smallest absolute Gasteiger partial charge is 0.256 e. The maximum Gasteiger partial charge on any atom is 0.256 e. The van der Waals surface area contributed by atoms with E-state index in [0.717, 1.165) is 6.42 Å². The van der Waals surface area contributed by atoms with Crippen LogP contribution in [0.2, 0.25) is 0 Å². The summed E-state index contributed by atoms with van der Waals surface area (Å²) < 4.78 is 21.2. The summed E-state index contributed by atoms with van der Waals surface area (Å²) in [6, 6.07) is 8.07. The molecule has 0 aliphatic rings. The van der Waals surface area contributed by atoms with Crippen molar-refractivity contribution in [3.05, 3.63) is 35.9 Å². The van der Waals surface area contributed by atoms with Gasteiger partial charge in [0.15, 0.2) is 0 Å². The van der Waals surface area contributed by atoms with Crippen molar-refractivity contribution in [3.8, 4) is 23.0 Å². The van der Waals surface area contributed by atoms with Gasteiger partial charge in [0.05, 0.1) is 39.8 Å². The van der Waals surface area contributed by atoms with Crippen LogP contribution >= 0.6 is 0 Å². The van der Waals surface area contributed by atoms with Crippen molar-refractivity contribution in [1.82, 2.24) is 0 Å². The van der Waals surface area contributed by atoms with Crippen LogP contribution in [0.4, 0.5) is 11.4 Å². The van der Waals surface area contributed by atoms with Crippen molar-refractivity contribution in [2.24, 2.45) is 0 Å². The molecule has 29 heavy (non-hydrogen) atoms. The third-order valence-electron chi connectivity index (χ3n) is 4.13. The summed E-state index contributed by atoms with van der Waals surface area (Å²) in [5.41, 5.74) is 1.20. The first-order chi connectivity index (χ1) is 13.9. The van der Waals surface area contributed by atoms with Gasteiger partial charge in [-0.2, -0.15) is 0 Å². The Hall–Kier alpha value is -3.42. The summed E-state index contributed by atoms with van der Waals surface area (Å²) in [5.74, 6) is 1.24. The Balaban J connectivity index is 2.34. The van der Waals surface area contributed by atoms with Crippen LogP contribution in [0.3, 0.4) is 0 Å². The number of anilines is 2. The van der Waals surface area contributed by atoms with Gasteiger partial charge < -0.3 is 29.6 Å². The van der Waals surface area contributed by atoms with Crippen LogP contribution in [0.1, 0.15) is 30.1 Å². The first-order valence-electron chi connectivity index (χ1n) is 9.06.